The maximum absolute atomic E-state index is 11.8. The van der Waals surface area contributed by atoms with E-state index in [9.17, 15) is 4.79 Å². The van der Waals surface area contributed by atoms with Crippen LogP contribution in [0.2, 0.25) is 0 Å². The van der Waals surface area contributed by atoms with Crippen LogP contribution >= 0.6 is 0 Å². The van der Waals surface area contributed by atoms with Crippen molar-refractivity contribution in [2.75, 3.05) is 13.2 Å². The van der Waals surface area contributed by atoms with Gasteiger partial charge in [0.1, 0.15) is 0 Å². The van der Waals surface area contributed by atoms with Gasteiger partial charge in [-0.15, -0.1) is 0 Å². The van der Waals surface area contributed by atoms with E-state index in [2.05, 4.69) is 19.2 Å². The Bertz CT molecular complexity index is 261. The fourth-order valence-corrected chi connectivity index (χ4v) is 2.03. The highest BCUT2D eigenvalue weighted by Crippen LogP contribution is 2.14. The number of amides is 1. The van der Waals surface area contributed by atoms with Crippen molar-refractivity contribution in [2.45, 2.75) is 52.4 Å². The van der Waals surface area contributed by atoms with Crippen molar-refractivity contribution in [1.82, 2.24) is 5.32 Å². The summed E-state index contributed by atoms with van der Waals surface area (Å²) in [5, 5.41) is 3.03. The molecule has 1 aliphatic rings. The van der Waals surface area contributed by atoms with E-state index >= 15 is 0 Å². The van der Waals surface area contributed by atoms with E-state index in [1.54, 1.807) is 6.26 Å². The molecule has 0 bridgehead atoms. The molecule has 0 aromatic heterocycles. The van der Waals surface area contributed by atoms with Crippen LogP contribution in [0, 0.1) is 5.92 Å². The molecule has 0 fully saturated rings. The highest BCUT2D eigenvalue weighted by atomic mass is 16.5. The maximum Gasteiger partial charge on any atom is 0.250 e. The third kappa shape index (κ3) is 5.24. The van der Waals surface area contributed by atoms with Crippen molar-refractivity contribution in [3.05, 3.63) is 11.8 Å². The van der Waals surface area contributed by atoms with Gasteiger partial charge in [0.25, 0.3) is 0 Å². The third-order valence-corrected chi connectivity index (χ3v) is 3.32. The predicted molar refractivity (Wildman–Crippen MR) is 69.6 cm³/mol. The summed E-state index contributed by atoms with van der Waals surface area (Å²) < 4.78 is 5.18. The molecule has 1 rings (SSSR count). The minimum Gasteiger partial charge on any atom is -0.501 e. The first-order chi connectivity index (χ1) is 8.27. The molecule has 1 amide bonds. The van der Waals surface area contributed by atoms with Crippen molar-refractivity contribution in [2.24, 2.45) is 5.92 Å². The van der Waals surface area contributed by atoms with Crippen LogP contribution in [0.25, 0.3) is 0 Å². The van der Waals surface area contributed by atoms with Gasteiger partial charge in [-0.3, -0.25) is 4.79 Å². The molecule has 3 nitrogen and oxygen atoms in total. The molecule has 1 N–H and O–H groups in total. The van der Waals surface area contributed by atoms with Gasteiger partial charge in [-0.25, -0.2) is 0 Å². The number of nitrogens with one attached hydrogen (secondary N) is 1. The molecule has 1 aliphatic heterocycles. The monoisotopic (exact) mass is 239 g/mol. The normalized spacial score (nSPS) is 16.9. The van der Waals surface area contributed by atoms with Gasteiger partial charge in [0.05, 0.1) is 18.4 Å². The fourth-order valence-electron chi connectivity index (χ4n) is 2.03. The highest BCUT2D eigenvalue weighted by molar-refractivity contribution is 5.93. The summed E-state index contributed by atoms with van der Waals surface area (Å²) >= 11 is 0. The molecule has 0 aromatic carbocycles. The van der Waals surface area contributed by atoms with Gasteiger partial charge in [-0.1, -0.05) is 33.1 Å². The van der Waals surface area contributed by atoms with Gasteiger partial charge in [0.2, 0.25) is 5.91 Å². The molecular weight excluding hydrogens is 214 g/mol. The molecule has 0 radical (unpaired) electrons. The zero-order valence-corrected chi connectivity index (χ0v) is 11.1. The van der Waals surface area contributed by atoms with E-state index in [-0.39, 0.29) is 5.91 Å². The molecular formula is C14H25NO2. The Morgan fingerprint density at radius 1 is 1.53 bits per heavy atom. The molecule has 0 spiro atoms. The standard InChI is InChI=1S/C14H25NO2/c1-3-5-7-12(4-2)10-15-14(16)13-8-6-9-17-11-13/h11-12H,3-10H2,1-2H3,(H,15,16)/t12-/m0/s1. The van der Waals surface area contributed by atoms with E-state index in [1.807, 2.05) is 0 Å². The second kappa shape index (κ2) is 8.15. The SMILES string of the molecule is CCCC[C@H](CC)CNC(=O)C1=COCCC1. The fraction of sp³-hybridized carbons (Fsp3) is 0.786. The van der Waals surface area contributed by atoms with Crippen LogP contribution in [0.3, 0.4) is 0 Å². The lowest BCUT2D eigenvalue weighted by Crippen LogP contribution is -2.31. The molecule has 0 saturated heterocycles. The summed E-state index contributed by atoms with van der Waals surface area (Å²) in [6.07, 6.45) is 8.23. The summed E-state index contributed by atoms with van der Waals surface area (Å²) in [7, 11) is 0. The first kappa shape index (κ1) is 14.1. The van der Waals surface area contributed by atoms with Crippen LogP contribution in [0.15, 0.2) is 11.8 Å². The molecule has 0 aromatic rings. The van der Waals surface area contributed by atoms with E-state index in [0.717, 1.165) is 38.0 Å². The number of ether oxygens (including phenoxy) is 1. The second-order valence-electron chi connectivity index (χ2n) is 4.74. The molecule has 0 unspecified atom stereocenters. The zero-order chi connectivity index (χ0) is 12.5. The van der Waals surface area contributed by atoms with Crippen LogP contribution in [0.4, 0.5) is 0 Å². The smallest absolute Gasteiger partial charge is 0.250 e. The molecule has 1 atom stereocenters. The quantitative estimate of drug-likeness (QED) is 0.741. The average molecular weight is 239 g/mol. The molecule has 0 aliphatic carbocycles. The number of carbonyl (C=O) groups excluding carboxylic acids is 1. The lowest BCUT2D eigenvalue weighted by atomic mass is 9.99. The molecule has 98 valence electrons. The Morgan fingerprint density at radius 3 is 2.94 bits per heavy atom. The zero-order valence-electron chi connectivity index (χ0n) is 11.1. The van der Waals surface area contributed by atoms with E-state index < -0.39 is 0 Å². The lowest BCUT2D eigenvalue weighted by Gasteiger charge is -2.17. The van der Waals surface area contributed by atoms with Crippen molar-refractivity contribution in [3.63, 3.8) is 0 Å². The molecule has 1 heterocycles. The van der Waals surface area contributed by atoms with Crippen molar-refractivity contribution in [1.29, 1.82) is 0 Å². The Balaban J connectivity index is 2.27. The van der Waals surface area contributed by atoms with Crippen molar-refractivity contribution in [3.8, 4) is 0 Å². The number of hydrogen-bond acceptors (Lipinski definition) is 2. The summed E-state index contributed by atoms with van der Waals surface area (Å²) in [6.45, 7) is 5.93. The predicted octanol–water partition coefficient (Wildman–Crippen LogP) is 3.01. The van der Waals surface area contributed by atoms with Gasteiger partial charge >= 0.3 is 0 Å². The van der Waals surface area contributed by atoms with Crippen LogP contribution in [-0.2, 0) is 9.53 Å². The van der Waals surface area contributed by atoms with Crippen LogP contribution in [-0.4, -0.2) is 19.1 Å². The Morgan fingerprint density at radius 2 is 2.35 bits per heavy atom. The minimum atomic E-state index is 0.0552. The Labute approximate surface area is 105 Å². The van der Waals surface area contributed by atoms with Gasteiger partial charge < -0.3 is 10.1 Å². The lowest BCUT2D eigenvalue weighted by molar-refractivity contribution is -0.118. The molecule has 0 saturated carbocycles. The van der Waals surface area contributed by atoms with Gasteiger partial charge in [0, 0.05) is 6.54 Å². The number of carbonyl (C=O) groups is 1. The van der Waals surface area contributed by atoms with Gasteiger partial charge in [-0.05, 0) is 25.2 Å². The van der Waals surface area contributed by atoms with E-state index in [1.165, 1.54) is 19.3 Å². The van der Waals surface area contributed by atoms with Crippen molar-refractivity contribution < 1.29 is 9.53 Å². The average Bonchev–Trinajstić information content (AvgIpc) is 2.39. The third-order valence-electron chi connectivity index (χ3n) is 3.32. The summed E-state index contributed by atoms with van der Waals surface area (Å²) in [4.78, 5) is 11.8. The summed E-state index contributed by atoms with van der Waals surface area (Å²) in [6, 6.07) is 0. The Kier molecular flexibility index (Phi) is 6.75. The largest absolute Gasteiger partial charge is 0.501 e. The molecule has 17 heavy (non-hydrogen) atoms. The highest BCUT2D eigenvalue weighted by Gasteiger charge is 2.14. The number of hydrogen-bond donors (Lipinski definition) is 1. The van der Waals surface area contributed by atoms with Crippen LogP contribution in [0.5, 0.6) is 0 Å². The van der Waals surface area contributed by atoms with Crippen molar-refractivity contribution >= 4 is 5.91 Å². The summed E-state index contributed by atoms with van der Waals surface area (Å²) in [5.41, 5.74) is 0.793. The first-order valence-corrected chi connectivity index (χ1v) is 6.86. The van der Waals surface area contributed by atoms with Crippen LogP contribution < -0.4 is 5.32 Å². The van der Waals surface area contributed by atoms with E-state index in [0.29, 0.717) is 5.92 Å². The number of rotatable bonds is 7. The molecule has 3 heteroatoms. The number of unbranched alkanes of at least 4 members (excludes halogenated alkanes) is 1. The summed E-state index contributed by atoms with van der Waals surface area (Å²) in [5.74, 6) is 0.670. The van der Waals surface area contributed by atoms with Crippen LogP contribution in [0.1, 0.15) is 52.4 Å². The van der Waals surface area contributed by atoms with E-state index in [4.69, 9.17) is 4.74 Å². The Hall–Kier alpha value is -0.990. The van der Waals surface area contributed by atoms with Gasteiger partial charge in [0.15, 0.2) is 0 Å². The second-order valence-corrected chi connectivity index (χ2v) is 4.74. The van der Waals surface area contributed by atoms with Gasteiger partial charge in [-0.2, -0.15) is 0 Å². The maximum atomic E-state index is 11.8. The minimum absolute atomic E-state index is 0.0552. The first-order valence-electron chi connectivity index (χ1n) is 6.86. The topological polar surface area (TPSA) is 38.3 Å².